The monoisotopic (exact) mass is 259 g/mol. The van der Waals surface area contributed by atoms with E-state index in [9.17, 15) is 13.9 Å². The molecule has 1 aromatic carbocycles. The van der Waals surface area contributed by atoms with Crippen molar-refractivity contribution in [1.29, 1.82) is 0 Å². The fourth-order valence-corrected chi connectivity index (χ4v) is 1.59. The Kier molecular flexibility index (Phi) is 6.18. The highest BCUT2D eigenvalue weighted by Crippen LogP contribution is 2.17. The summed E-state index contributed by atoms with van der Waals surface area (Å²) in [6, 6.07) is 3.32. The zero-order chi connectivity index (χ0) is 13.5. The molecule has 0 aromatic heterocycles. The van der Waals surface area contributed by atoms with E-state index >= 15 is 0 Å². The molecular weight excluding hydrogens is 240 g/mol. The van der Waals surface area contributed by atoms with Gasteiger partial charge in [0.1, 0.15) is 11.6 Å². The first-order valence-electron chi connectivity index (χ1n) is 5.90. The van der Waals surface area contributed by atoms with Gasteiger partial charge in [-0.15, -0.1) is 0 Å². The lowest BCUT2D eigenvalue weighted by Crippen LogP contribution is -2.31. The average molecular weight is 259 g/mol. The van der Waals surface area contributed by atoms with E-state index in [-0.39, 0.29) is 18.2 Å². The van der Waals surface area contributed by atoms with Crippen LogP contribution in [-0.4, -0.2) is 31.4 Å². The second-order valence-corrected chi connectivity index (χ2v) is 4.27. The van der Waals surface area contributed by atoms with Crippen molar-refractivity contribution in [1.82, 2.24) is 5.32 Å². The summed E-state index contributed by atoms with van der Waals surface area (Å²) in [4.78, 5) is 0. The lowest BCUT2D eigenvalue weighted by atomic mass is 10.1. The highest BCUT2D eigenvalue weighted by Gasteiger charge is 2.14. The first-order chi connectivity index (χ1) is 8.54. The van der Waals surface area contributed by atoms with Crippen LogP contribution >= 0.6 is 0 Å². The van der Waals surface area contributed by atoms with Gasteiger partial charge in [-0.05, 0) is 19.4 Å². The molecule has 0 aliphatic rings. The lowest BCUT2D eigenvalue weighted by Gasteiger charge is -2.17. The van der Waals surface area contributed by atoms with Crippen molar-refractivity contribution < 1.29 is 18.6 Å². The molecule has 0 fully saturated rings. The van der Waals surface area contributed by atoms with E-state index in [0.29, 0.717) is 6.61 Å². The van der Waals surface area contributed by atoms with Crippen LogP contribution in [0, 0.1) is 11.6 Å². The summed E-state index contributed by atoms with van der Waals surface area (Å²) in [6.45, 7) is 2.79. The summed E-state index contributed by atoms with van der Waals surface area (Å²) in [7, 11) is 1.62. The summed E-state index contributed by atoms with van der Waals surface area (Å²) in [5.74, 6) is -1.38. The van der Waals surface area contributed by atoms with Gasteiger partial charge < -0.3 is 15.2 Å². The van der Waals surface area contributed by atoms with Crippen molar-refractivity contribution in [3.63, 3.8) is 0 Å². The van der Waals surface area contributed by atoms with Gasteiger partial charge in [0.05, 0.1) is 6.10 Å². The summed E-state index contributed by atoms with van der Waals surface area (Å²) in [5.41, 5.74) is 0.0999. The Labute approximate surface area is 106 Å². The van der Waals surface area contributed by atoms with Gasteiger partial charge in [-0.1, -0.05) is 6.07 Å². The van der Waals surface area contributed by atoms with Gasteiger partial charge in [0, 0.05) is 37.9 Å². The number of rotatable bonds is 7. The molecule has 2 unspecified atom stereocenters. The number of halogens is 2. The van der Waals surface area contributed by atoms with Crippen LogP contribution in [0.5, 0.6) is 0 Å². The largest absolute Gasteiger partial charge is 0.387 e. The standard InChI is InChI=1S/C13H19F2NO2/c1-9(5-6-18-2)16-8-13(17)11-4-3-10(14)7-12(11)15/h3-4,7,9,13,16-17H,5-6,8H2,1-2H3. The minimum Gasteiger partial charge on any atom is -0.387 e. The van der Waals surface area contributed by atoms with Crippen LogP contribution in [0.1, 0.15) is 25.0 Å². The number of methoxy groups -OCH3 is 1. The summed E-state index contributed by atoms with van der Waals surface area (Å²) in [6.07, 6.45) is -0.189. The van der Waals surface area contributed by atoms with Gasteiger partial charge in [-0.2, -0.15) is 0 Å². The van der Waals surface area contributed by atoms with Crippen molar-refractivity contribution in [2.45, 2.75) is 25.5 Å². The molecule has 0 heterocycles. The average Bonchev–Trinajstić information content (AvgIpc) is 2.33. The van der Waals surface area contributed by atoms with E-state index in [2.05, 4.69) is 5.32 Å². The van der Waals surface area contributed by atoms with Gasteiger partial charge >= 0.3 is 0 Å². The zero-order valence-electron chi connectivity index (χ0n) is 10.6. The Bertz CT molecular complexity index is 374. The third-order valence-electron chi connectivity index (χ3n) is 2.74. The number of nitrogens with one attached hydrogen (secondary N) is 1. The predicted octanol–water partition coefficient (Wildman–Crippen LogP) is 2.01. The lowest BCUT2D eigenvalue weighted by molar-refractivity contribution is 0.155. The quantitative estimate of drug-likeness (QED) is 0.787. The topological polar surface area (TPSA) is 41.5 Å². The Morgan fingerprint density at radius 3 is 2.72 bits per heavy atom. The third kappa shape index (κ3) is 4.68. The van der Waals surface area contributed by atoms with Crippen molar-refractivity contribution in [2.75, 3.05) is 20.3 Å². The van der Waals surface area contributed by atoms with Crippen molar-refractivity contribution in [2.24, 2.45) is 0 Å². The molecule has 1 rings (SSSR count). The van der Waals surface area contributed by atoms with Crippen LogP contribution in [0.15, 0.2) is 18.2 Å². The minimum atomic E-state index is -0.990. The Morgan fingerprint density at radius 1 is 1.39 bits per heavy atom. The molecule has 5 heteroatoms. The molecule has 102 valence electrons. The Balaban J connectivity index is 2.47. The molecule has 1 aromatic rings. The molecule has 0 amide bonds. The van der Waals surface area contributed by atoms with E-state index in [0.717, 1.165) is 18.6 Å². The van der Waals surface area contributed by atoms with Crippen LogP contribution in [0.4, 0.5) is 8.78 Å². The van der Waals surface area contributed by atoms with E-state index in [1.165, 1.54) is 6.07 Å². The molecule has 2 N–H and O–H groups in total. The van der Waals surface area contributed by atoms with Crippen molar-refractivity contribution in [3.8, 4) is 0 Å². The molecule has 0 saturated carbocycles. The maximum absolute atomic E-state index is 13.4. The first-order valence-corrected chi connectivity index (χ1v) is 5.90. The Hall–Kier alpha value is -1.04. The molecule has 2 atom stereocenters. The van der Waals surface area contributed by atoms with Gasteiger partial charge in [0.2, 0.25) is 0 Å². The third-order valence-corrected chi connectivity index (χ3v) is 2.74. The predicted molar refractivity (Wildman–Crippen MR) is 65.3 cm³/mol. The number of aliphatic hydroxyl groups is 1. The maximum Gasteiger partial charge on any atom is 0.131 e. The number of aliphatic hydroxyl groups excluding tert-OH is 1. The number of hydrogen-bond acceptors (Lipinski definition) is 3. The molecule has 0 aliphatic heterocycles. The summed E-state index contributed by atoms with van der Waals surface area (Å²) < 4.78 is 31.0. The van der Waals surface area contributed by atoms with Gasteiger partial charge in [0.15, 0.2) is 0 Å². The van der Waals surface area contributed by atoms with Crippen LogP contribution in [0.3, 0.4) is 0 Å². The molecular formula is C13H19F2NO2. The SMILES string of the molecule is COCCC(C)NCC(O)c1ccc(F)cc1F. The smallest absolute Gasteiger partial charge is 0.131 e. The summed E-state index contributed by atoms with van der Waals surface area (Å²) >= 11 is 0. The van der Waals surface area contributed by atoms with Gasteiger partial charge in [-0.25, -0.2) is 8.78 Å². The Morgan fingerprint density at radius 2 is 2.11 bits per heavy atom. The zero-order valence-corrected chi connectivity index (χ0v) is 10.6. The minimum absolute atomic E-state index is 0.0999. The van der Waals surface area contributed by atoms with E-state index in [4.69, 9.17) is 4.74 Å². The maximum atomic E-state index is 13.4. The summed E-state index contributed by atoms with van der Waals surface area (Å²) in [5, 5.41) is 12.9. The molecule has 3 nitrogen and oxygen atoms in total. The normalized spacial score (nSPS) is 14.5. The van der Waals surface area contributed by atoms with Crippen molar-refractivity contribution in [3.05, 3.63) is 35.4 Å². The van der Waals surface area contributed by atoms with Crippen LogP contribution in [-0.2, 0) is 4.74 Å². The fraction of sp³-hybridized carbons (Fsp3) is 0.538. The fourth-order valence-electron chi connectivity index (χ4n) is 1.59. The highest BCUT2D eigenvalue weighted by atomic mass is 19.1. The van der Waals surface area contributed by atoms with E-state index < -0.39 is 17.7 Å². The molecule has 0 aliphatic carbocycles. The van der Waals surface area contributed by atoms with Gasteiger partial charge in [0.25, 0.3) is 0 Å². The van der Waals surface area contributed by atoms with Crippen LogP contribution < -0.4 is 5.32 Å². The van der Waals surface area contributed by atoms with Crippen molar-refractivity contribution >= 4 is 0 Å². The molecule has 0 bridgehead atoms. The second kappa shape index (κ2) is 7.41. The highest BCUT2D eigenvalue weighted by molar-refractivity contribution is 5.21. The number of ether oxygens (including phenoxy) is 1. The van der Waals surface area contributed by atoms with E-state index in [1.54, 1.807) is 7.11 Å². The number of benzene rings is 1. The first kappa shape index (κ1) is 15.0. The van der Waals surface area contributed by atoms with Gasteiger partial charge in [-0.3, -0.25) is 0 Å². The number of hydrogen-bond donors (Lipinski definition) is 2. The molecule has 0 radical (unpaired) electrons. The van der Waals surface area contributed by atoms with E-state index in [1.807, 2.05) is 6.92 Å². The molecule has 18 heavy (non-hydrogen) atoms. The van der Waals surface area contributed by atoms with Crippen LogP contribution in [0.2, 0.25) is 0 Å². The second-order valence-electron chi connectivity index (χ2n) is 4.27. The molecule has 0 saturated heterocycles. The van der Waals surface area contributed by atoms with Crippen LogP contribution in [0.25, 0.3) is 0 Å². The molecule has 0 spiro atoms.